The van der Waals surface area contributed by atoms with Gasteiger partial charge in [0.05, 0.1) is 0 Å². The molecule has 0 bridgehead atoms. The van der Waals surface area contributed by atoms with Gasteiger partial charge in [-0.3, -0.25) is 0 Å². The highest BCUT2D eigenvalue weighted by molar-refractivity contribution is 7.71. The quantitative estimate of drug-likeness (QED) is 0.816. The minimum absolute atomic E-state index is 0.244. The molecule has 2 aromatic rings. The molecule has 1 fully saturated rings. The summed E-state index contributed by atoms with van der Waals surface area (Å²) < 4.78 is 13.7. The number of nitrogens with zero attached hydrogens (tertiary/aromatic N) is 1. The first-order valence-electron chi connectivity index (χ1n) is 5.59. The van der Waals surface area contributed by atoms with Crippen LogP contribution in [0.15, 0.2) is 30.3 Å². The van der Waals surface area contributed by atoms with Crippen molar-refractivity contribution in [2.24, 2.45) is 0 Å². The summed E-state index contributed by atoms with van der Waals surface area (Å²) in [4.78, 5) is 7.56. The number of aromatic nitrogens is 2. The van der Waals surface area contributed by atoms with Gasteiger partial charge in [0.1, 0.15) is 16.3 Å². The van der Waals surface area contributed by atoms with E-state index >= 15 is 0 Å². The number of halogens is 1. The first kappa shape index (κ1) is 10.6. The Hall–Kier alpha value is -1.55. The normalized spacial score (nSPS) is 14.9. The smallest absolute Gasteiger partial charge is 0.130 e. The van der Waals surface area contributed by atoms with Crippen LogP contribution in [0.3, 0.4) is 0 Å². The van der Waals surface area contributed by atoms with Crippen molar-refractivity contribution in [1.82, 2.24) is 9.97 Å². The van der Waals surface area contributed by atoms with E-state index < -0.39 is 0 Å². The number of hydrogen-bond acceptors (Lipinski definition) is 2. The van der Waals surface area contributed by atoms with Gasteiger partial charge in [-0.25, -0.2) is 9.37 Å². The van der Waals surface area contributed by atoms with Crippen LogP contribution >= 0.6 is 12.2 Å². The van der Waals surface area contributed by atoms with Crippen molar-refractivity contribution >= 4 is 12.2 Å². The van der Waals surface area contributed by atoms with Crippen molar-refractivity contribution in [2.45, 2.75) is 18.8 Å². The van der Waals surface area contributed by atoms with Crippen LogP contribution in [-0.4, -0.2) is 9.97 Å². The highest BCUT2D eigenvalue weighted by Gasteiger charge is 2.26. The Morgan fingerprint density at radius 3 is 2.82 bits per heavy atom. The second kappa shape index (κ2) is 4.04. The molecule has 1 N–H and O–H groups in total. The number of rotatable bonds is 2. The Balaban J connectivity index is 2.10. The maximum absolute atomic E-state index is 13.2. The van der Waals surface area contributed by atoms with Crippen LogP contribution in [0, 0.1) is 10.5 Å². The summed E-state index contributed by atoms with van der Waals surface area (Å²) in [5.74, 6) is 1.19. The lowest BCUT2D eigenvalue weighted by Gasteiger charge is -2.05. The van der Waals surface area contributed by atoms with Crippen LogP contribution in [0.5, 0.6) is 0 Å². The van der Waals surface area contributed by atoms with Gasteiger partial charge in [0.25, 0.3) is 0 Å². The molecule has 17 heavy (non-hydrogen) atoms. The number of H-pyrrole nitrogens is 1. The first-order valence-corrected chi connectivity index (χ1v) is 6.00. The molecule has 4 heteroatoms. The first-order chi connectivity index (χ1) is 8.22. The van der Waals surface area contributed by atoms with Gasteiger partial charge >= 0.3 is 0 Å². The molecule has 0 radical (unpaired) electrons. The van der Waals surface area contributed by atoms with Gasteiger partial charge in [0.15, 0.2) is 0 Å². The van der Waals surface area contributed by atoms with Crippen molar-refractivity contribution in [3.05, 3.63) is 46.6 Å². The maximum atomic E-state index is 13.2. The minimum Gasteiger partial charge on any atom is -0.343 e. The average molecular weight is 246 g/mol. The molecule has 1 aliphatic carbocycles. The van der Waals surface area contributed by atoms with Crippen LogP contribution < -0.4 is 0 Å². The van der Waals surface area contributed by atoms with E-state index in [1.165, 1.54) is 12.1 Å². The van der Waals surface area contributed by atoms with Crippen molar-refractivity contribution < 1.29 is 4.39 Å². The SMILES string of the molecule is Fc1cccc(-c2cc(=S)nc(C3CC3)[nH]2)c1. The van der Waals surface area contributed by atoms with E-state index in [0.29, 0.717) is 10.6 Å². The zero-order valence-corrected chi connectivity index (χ0v) is 9.93. The molecule has 0 atom stereocenters. The molecular formula is C13H11FN2S. The van der Waals surface area contributed by atoms with E-state index in [9.17, 15) is 4.39 Å². The zero-order valence-electron chi connectivity index (χ0n) is 9.11. The number of nitrogens with one attached hydrogen (secondary N) is 1. The molecule has 1 aliphatic rings. The molecule has 86 valence electrons. The van der Waals surface area contributed by atoms with E-state index in [0.717, 1.165) is 29.9 Å². The summed E-state index contributed by atoms with van der Waals surface area (Å²) >= 11 is 5.14. The lowest BCUT2D eigenvalue weighted by molar-refractivity contribution is 0.628. The summed E-state index contributed by atoms with van der Waals surface area (Å²) in [6.07, 6.45) is 2.32. The second-order valence-corrected chi connectivity index (χ2v) is 4.72. The van der Waals surface area contributed by atoms with E-state index in [4.69, 9.17) is 12.2 Å². The standard InChI is InChI=1S/C13H11FN2S/c14-10-3-1-2-9(6-10)11-7-12(17)16-13(15-11)8-4-5-8/h1-3,6-8H,4-5H2,(H,15,16,17). The van der Waals surface area contributed by atoms with Crippen LogP contribution in [0.2, 0.25) is 0 Å². The highest BCUT2D eigenvalue weighted by Crippen LogP contribution is 2.38. The van der Waals surface area contributed by atoms with Gasteiger partial charge in [-0.05, 0) is 31.0 Å². The third-order valence-electron chi connectivity index (χ3n) is 2.86. The van der Waals surface area contributed by atoms with Gasteiger partial charge in [0, 0.05) is 17.2 Å². The average Bonchev–Trinajstić information content (AvgIpc) is 3.12. The van der Waals surface area contributed by atoms with Crippen LogP contribution in [0.4, 0.5) is 4.39 Å². The monoisotopic (exact) mass is 246 g/mol. The fourth-order valence-electron chi connectivity index (χ4n) is 1.84. The molecule has 1 aromatic carbocycles. The molecule has 1 saturated carbocycles. The lowest BCUT2D eigenvalue weighted by atomic mass is 10.1. The fourth-order valence-corrected chi connectivity index (χ4v) is 2.05. The predicted octanol–water partition coefficient (Wildman–Crippen LogP) is 3.82. The van der Waals surface area contributed by atoms with Crippen molar-refractivity contribution in [3.8, 4) is 11.3 Å². The summed E-state index contributed by atoms with van der Waals surface area (Å²) in [6.45, 7) is 0. The van der Waals surface area contributed by atoms with E-state index in [1.807, 2.05) is 6.07 Å². The van der Waals surface area contributed by atoms with Gasteiger partial charge in [0.2, 0.25) is 0 Å². The fraction of sp³-hybridized carbons (Fsp3) is 0.231. The Labute approximate surface area is 104 Å². The molecular weight excluding hydrogens is 235 g/mol. The zero-order chi connectivity index (χ0) is 11.8. The Morgan fingerprint density at radius 2 is 2.12 bits per heavy atom. The molecule has 1 aromatic heterocycles. The molecule has 0 amide bonds. The number of hydrogen-bond donors (Lipinski definition) is 1. The highest BCUT2D eigenvalue weighted by atomic mass is 32.1. The summed E-state index contributed by atoms with van der Waals surface area (Å²) in [5.41, 5.74) is 1.65. The van der Waals surface area contributed by atoms with E-state index in [2.05, 4.69) is 9.97 Å². The molecule has 2 nitrogen and oxygen atoms in total. The van der Waals surface area contributed by atoms with Crippen molar-refractivity contribution in [1.29, 1.82) is 0 Å². The number of aromatic amines is 1. The molecule has 0 saturated heterocycles. The van der Waals surface area contributed by atoms with Gasteiger partial charge in [-0.2, -0.15) is 0 Å². The van der Waals surface area contributed by atoms with E-state index in [-0.39, 0.29) is 5.82 Å². The molecule has 0 spiro atoms. The van der Waals surface area contributed by atoms with Crippen molar-refractivity contribution in [3.63, 3.8) is 0 Å². The van der Waals surface area contributed by atoms with Gasteiger partial charge < -0.3 is 4.98 Å². The summed E-state index contributed by atoms with van der Waals surface area (Å²) in [6, 6.07) is 8.26. The number of benzene rings is 1. The Morgan fingerprint density at radius 1 is 1.29 bits per heavy atom. The van der Waals surface area contributed by atoms with Crippen LogP contribution in [0.25, 0.3) is 11.3 Å². The van der Waals surface area contributed by atoms with Gasteiger partial charge in [-0.15, -0.1) is 0 Å². The molecule has 0 aliphatic heterocycles. The predicted molar refractivity (Wildman–Crippen MR) is 66.8 cm³/mol. The van der Waals surface area contributed by atoms with Gasteiger partial charge in [-0.1, -0.05) is 24.4 Å². The Kier molecular flexibility index (Phi) is 2.52. The molecule has 1 heterocycles. The largest absolute Gasteiger partial charge is 0.343 e. The summed E-state index contributed by atoms with van der Waals surface area (Å²) in [5, 5.41) is 0. The Bertz CT molecular complexity index is 617. The topological polar surface area (TPSA) is 28.7 Å². The van der Waals surface area contributed by atoms with Crippen LogP contribution in [-0.2, 0) is 0 Å². The van der Waals surface area contributed by atoms with E-state index in [1.54, 1.807) is 12.1 Å². The van der Waals surface area contributed by atoms with Crippen LogP contribution in [0.1, 0.15) is 24.6 Å². The molecule has 0 unspecified atom stereocenters. The van der Waals surface area contributed by atoms with Crippen molar-refractivity contribution in [2.75, 3.05) is 0 Å². The second-order valence-electron chi connectivity index (χ2n) is 4.30. The third kappa shape index (κ3) is 2.26. The maximum Gasteiger partial charge on any atom is 0.130 e. The third-order valence-corrected chi connectivity index (χ3v) is 3.07. The minimum atomic E-state index is -0.244. The lowest BCUT2D eigenvalue weighted by Crippen LogP contribution is -1.95. The molecule has 3 rings (SSSR count). The summed E-state index contributed by atoms with van der Waals surface area (Å²) in [7, 11) is 0.